The Morgan fingerprint density at radius 2 is 2.08 bits per heavy atom. The summed E-state index contributed by atoms with van der Waals surface area (Å²) in [6.07, 6.45) is 5.33. The van der Waals surface area contributed by atoms with Crippen LogP contribution in [0.1, 0.15) is 24.8 Å². The number of benzene rings is 1. The minimum Gasteiger partial charge on any atom is -0.493 e. The second-order valence-corrected chi connectivity index (χ2v) is 6.43. The number of nitrogens with zero attached hydrogens (tertiary/aromatic N) is 4. The largest absolute Gasteiger partial charge is 0.493 e. The van der Waals surface area contributed by atoms with Crippen molar-refractivity contribution in [2.45, 2.75) is 26.2 Å². The Labute approximate surface area is 140 Å². The zero-order valence-electron chi connectivity index (χ0n) is 13.9. The lowest BCUT2D eigenvalue weighted by Gasteiger charge is -2.15. The van der Waals surface area contributed by atoms with E-state index in [9.17, 15) is 5.11 Å². The Morgan fingerprint density at radius 3 is 2.92 bits per heavy atom. The second-order valence-electron chi connectivity index (χ2n) is 6.43. The predicted octanol–water partition coefficient (Wildman–Crippen LogP) is 2.76. The van der Waals surface area contributed by atoms with Gasteiger partial charge >= 0.3 is 6.01 Å². The number of aromatic nitrogens is 3. The lowest BCUT2D eigenvalue weighted by atomic mass is 10.1. The van der Waals surface area contributed by atoms with Gasteiger partial charge in [-0.2, -0.15) is 14.6 Å². The van der Waals surface area contributed by atoms with Crippen molar-refractivity contribution in [2.75, 3.05) is 26.2 Å². The maximum atomic E-state index is 10.00. The van der Waals surface area contributed by atoms with Crippen molar-refractivity contribution in [1.29, 1.82) is 0 Å². The standard InChI is InChI=1S/C18H22N4O2/c1-13-11-14-15(20-18(23)22-16(14)5-6-19-22)12-17(13)24-10-4-9-21-7-2-3-8-21/h5-6,11-12H,2-4,7-10H2,1H3,(H,20,23). The van der Waals surface area contributed by atoms with Gasteiger partial charge < -0.3 is 14.7 Å². The number of aromatic hydroxyl groups is 1. The molecule has 1 saturated heterocycles. The van der Waals surface area contributed by atoms with E-state index in [1.54, 1.807) is 6.20 Å². The van der Waals surface area contributed by atoms with Gasteiger partial charge in [0.05, 0.1) is 23.8 Å². The maximum Gasteiger partial charge on any atom is 0.316 e. The van der Waals surface area contributed by atoms with Gasteiger partial charge in [0.1, 0.15) is 5.75 Å². The Balaban J connectivity index is 1.52. The van der Waals surface area contributed by atoms with Gasteiger partial charge in [-0.15, -0.1) is 0 Å². The number of ether oxygens (including phenoxy) is 1. The molecule has 0 radical (unpaired) electrons. The summed E-state index contributed by atoms with van der Waals surface area (Å²) in [6.45, 7) is 6.28. The summed E-state index contributed by atoms with van der Waals surface area (Å²) in [6, 6.07) is 5.73. The fourth-order valence-electron chi connectivity index (χ4n) is 3.43. The third kappa shape index (κ3) is 2.78. The van der Waals surface area contributed by atoms with Crippen LogP contribution in [0.3, 0.4) is 0 Å². The van der Waals surface area contributed by atoms with E-state index in [2.05, 4.69) is 21.0 Å². The van der Waals surface area contributed by atoms with Crippen molar-refractivity contribution in [3.8, 4) is 11.8 Å². The fourth-order valence-corrected chi connectivity index (χ4v) is 3.43. The first-order chi connectivity index (χ1) is 11.7. The van der Waals surface area contributed by atoms with Crippen LogP contribution in [0.4, 0.5) is 0 Å². The molecule has 0 aliphatic carbocycles. The molecule has 1 N–H and O–H groups in total. The molecule has 0 saturated carbocycles. The number of rotatable bonds is 5. The summed E-state index contributed by atoms with van der Waals surface area (Å²) in [7, 11) is 0. The molecule has 2 aromatic heterocycles. The first-order valence-electron chi connectivity index (χ1n) is 8.54. The number of aryl methyl sites for hydroxylation is 1. The monoisotopic (exact) mass is 326 g/mol. The highest BCUT2D eigenvalue weighted by atomic mass is 16.5. The minimum atomic E-state index is -0.105. The average molecular weight is 326 g/mol. The lowest BCUT2D eigenvalue weighted by molar-refractivity contribution is 0.262. The highest BCUT2D eigenvalue weighted by Gasteiger charge is 2.12. The molecule has 6 nitrogen and oxygen atoms in total. The third-order valence-electron chi connectivity index (χ3n) is 4.70. The van der Waals surface area contributed by atoms with Gasteiger partial charge in [-0.25, -0.2) is 0 Å². The molecule has 0 atom stereocenters. The van der Waals surface area contributed by atoms with E-state index in [0.29, 0.717) is 6.61 Å². The quantitative estimate of drug-likeness (QED) is 0.731. The highest BCUT2D eigenvalue weighted by Crippen LogP contribution is 2.29. The molecular formula is C18H22N4O2. The molecule has 0 spiro atoms. The summed E-state index contributed by atoms with van der Waals surface area (Å²) in [5.74, 6) is 0.833. The van der Waals surface area contributed by atoms with E-state index in [-0.39, 0.29) is 6.01 Å². The number of hydrogen-bond acceptors (Lipinski definition) is 5. The zero-order valence-corrected chi connectivity index (χ0v) is 13.9. The fraction of sp³-hybridized carbons (Fsp3) is 0.444. The van der Waals surface area contributed by atoms with E-state index in [0.717, 1.165) is 40.7 Å². The minimum absolute atomic E-state index is 0.105. The molecule has 3 aromatic rings. The maximum absolute atomic E-state index is 10.00. The number of hydrogen-bond donors (Lipinski definition) is 1. The van der Waals surface area contributed by atoms with E-state index >= 15 is 0 Å². The van der Waals surface area contributed by atoms with Crippen LogP contribution >= 0.6 is 0 Å². The molecule has 4 rings (SSSR count). The van der Waals surface area contributed by atoms with Gasteiger partial charge in [-0.1, -0.05) is 0 Å². The van der Waals surface area contributed by atoms with Crippen LogP contribution in [-0.4, -0.2) is 50.8 Å². The third-order valence-corrected chi connectivity index (χ3v) is 4.70. The molecule has 0 unspecified atom stereocenters. The Kier molecular flexibility index (Phi) is 3.98. The van der Waals surface area contributed by atoms with E-state index < -0.39 is 0 Å². The topological polar surface area (TPSA) is 62.9 Å². The van der Waals surface area contributed by atoms with Gasteiger partial charge in [-0.05, 0) is 57.0 Å². The molecule has 126 valence electrons. The van der Waals surface area contributed by atoms with Crippen molar-refractivity contribution in [3.05, 3.63) is 30.0 Å². The zero-order chi connectivity index (χ0) is 16.5. The summed E-state index contributed by atoms with van der Waals surface area (Å²) >= 11 is 0. The Morgan fingerprint density at radius 1 is 1.25 bits per heavy atom. The van der Waals surface area contributed by atoms with Gasteiger partial charge in [0, 0.05) is 18.0 Å². The number of fused-ring (bicyclic) bond motifs is 3. The van der Waals surface area contributed by atoms with Crippen LogP contribution < -0.4 is 4.74 Å². The first kappa shape index (κ1) is 15.2. The SMILES string of the molecule is Cc1cc2c(cc1OCCCN1CCCC1)nc(O)n1nccc21. The van der Waals surface area contributed by atoms with Crippen LogP contribution in [0.15, 0.2) is 24.4 Å². The first-order valence-corrected chi connectivity index (χ1v) is 8.54. The summed E-state index contributed by atoms with van der Waals surface area (Å²) < 4.78 is 7.41. The molecule has 1 aliphatic rings. The molecule has 1 fully saturated rings. The van der Waals surface area contributed by atoms with Crippen LogP contribution in [0.2, 0.25) is 0 Å². The van der Waals surface area contributed by atoms with Crippen LogP contribution in [0, 0.1) is 6.92 Å². The summed E-state index contributed by atoms with van der Waals surface area (Å²) in [5, 5.41) is 15.0. The summed E-state index contributed by atoms with van der Waals surface area (Å²) in [5.41, 5.74) is 2.64. The second kappa shape index (κ2) is 6.28. The average Bonchev–Trinajstić information content (AvgIpc) is 3.24. The van der Waals surface area contributed by atoms with Gasteiger partial charge in [-0.3, -0.25) is 0 Å². The van der Waals surface area contributed by atoms with Crippen molar-refractivity contribution in [1.82, 2.24) is 19.5 Å². The lowest BCUT2D eigenvalue weighted by Crippen LogP contribution is -2.21. The molecule has 1 aromatic carbocycles. The highest BCUT2D eigenvalue weighted by molar-refractivity contribution is 5.95. The smallest absolute Gasteiger partial charge is 0.316 e. The Bertz CT molecular complexity index is 868. The predicted molar refractivity (Wildman–Crippen MR) is 92.7 cm³/mol. The van der Waals surface area contributed by atoms with E-state index in [4.69, 9.17) is 4.74 Å². The van der Waals surface area contributed by atoms with Crippen molar-refractivity contribution in [3.63, 3.8) is 0 Å². The van der Waals surface area contributed by atoms with Crippen LogP contribution in [0.5, 0.6) is 11.8 Å². The number of likely N-dealkylation sites (tertiary alicyclic amines) is 1. The molecular weight excluding hydrogens is 304 g/mol. The van der Waals surface area contributed by atoms with Crippen LogP contribution in [0.25, 0.3) is 16.4 Å². The van der Waals surface area contributed by atoms with E-state index in [1.165, 1.54) is 30.4 Å². The van der Waals surface area contributed by atoms with Crippen molar-refractivity contribution >= 4 is 16.4 Å². The van der Waals surface area contributed by atoms with Crippen molar-refractivity contribution in [2.24, 2.45) is 0 Å². The van der Waals surface area contributed by atoms with E-state index in [1.807, 2.05) is 19.1 Å². The Hall–Kier alpha value is -2.34. The molecule has 0 bridgehead atoms. The molecule has 6 heteroatoms. The van der Waals surface area contributed by atoms with Gasteiger partial charge in [0.25, 0.3) is 0 Å². The molecule has 0 amide bonds. The normalized spacial score (nSPS) is 15.5. The molecule has 1 aliphatic heterocycles. The summed E-state index contributed by atoms with van der Waals surface area (Å²) in [4.78, 5) is 6.73. The van der Waals surface area contributed by atoms with Gasteiger partial charge in [0.15, 0.2) is 0 Å². The van der Waals surface area contributed by atoms with Crippen molar-refractivity contribution < 1.29 is 9.84 Å². The van der Waals surface area contributed by atoms with Gasteiger partial charge in [0.2, 0.25) is 0 Å². The van der Waals surface area contributed by atoms with Crippen LogP contribution in [-0.2, 0) is 0 Å². The molecule has 24 heavy (non-hydrogen) atoms. The molecule has 3 heterocycles.